The van der Waals surface area contributed by atoms with Crippen molar-refractivity contribution in [2.75, 3.05) is 24.3 Å². The summed E-state index contributed by atoms with van der Waals surface area (Å²) in [6.45, 7) is 0. The molecule has 0 fully saturated rings. The molecule has 0 aliphatic carbocycles. The van der Waals surface area contributed by atoms with Crippen molar-refractivity contribution in [2.24, 2.45) is 0 Å². The minimum atomic E-state index is -0.288. The average Bonchev–Trinajstić information content (AvgIpc) is 2.39. The van der Waals surface area contributed by atoms with E-state index in [9.17, 15) is 4.79 Å². The van der Waals surface area contributed by atoms with Crippen LogP contribution in [0.15, 0.2) is 36.9 Å². The molecule has 2 aromatic heterocycles. The number of nitrogens with one attached hydrogen (secondary N) is 1. The maximum absolute atomic E-state index is 12.1. The van der Waals surface area contributed by atoms with Gasteiger partial charge in [0.2, 0.25) is 0 Å². The smallest absolute Gasteiger partial charge is 0.257 e. The Balaban J connectivity index is 2.27. The second kappa shape index (κ2) is 5.67. The van der Waals surface area contributed by atoms with Crippen LogP contribution < -0.4 is 10.2 Å². The van der Waals surface area contributed by atoms with Gasteiger partial charge in [-0.25, -0.2) is 0 Å². The van der Waals surface area contributed by atoms with Gasteiger partial charge < -0.3 is 10.2 Å². The van der Waals surface area contributed by atoms with Crippen molar-refractivity contribution in [3.8, 4) is 0 Å². The zero-order valence-corrected chi connectivity index (χ0v) is 11.3. The first kappa shape index (κ1) is 13.3. The molecule has 2 aromatic rings. The van der Waals surface area contributed by atoms with E-state index < -0.39 is 0 Å². The summed E-state index contributed by atoms with van der Waals surface area (Å²) >= 11 is 5.94. The van der Waals surface area contributed by atoms with Crippen molar-refractivity contribution in [1.82, 2.24) is 9.97 Å². The van der Waals surface area contributed by atoms with Gasteiger partial charge >= 0.3 is 0 Å². The third kappa shape index (κ3) is 3.00. The molecule has 0 unspecified atom stereocenters. The van der Waals surface area contributed by atoms with Crippen LogP contribution in [0.2, 0.25) is 5.02 Å². The summed E-state index contributed by atoms with van der Waals surface area (Å²) in [7, 11) is 3.79. The Kier molecular flexibility index (Phi) is 3.97. The van der Waals surface area contributed by atoms with Crippen molar-refractivity contribution in [2.45, 2.75) is 0 Å². The Hall–Kier alpha value is -2.14. The predicted octanol–water partition coefficient (Wildman–Crippen LogP) is 2.45. The molecule has 2 heterocycles. The molecule has 0 spiro atoms. The molecule has 0 aromatic carbocycles. The molecule has 1 amide bonds. The predicted molar refractivity (Wildman–Crippen MR) is 75.8 cm³/mol. The van der Waals surface area contributed by atoms with Crippen LogP contribution in [0.4, 0.5) is 11.4 Å². The highest BCUT2D eigenvalue weighted by molar-refractivity contribution is 6.34. The van der Waals surface area contributed by atoms with E-state index in [4.69, 9.17) is 11.6 Å². The Bertz CT molecular complexity index is 601. The zero-order valence-electron chi connectivity index (χ0n) is 10.6. The molecular weight excluding hydrogens is 264 g/mol. The fourth-order valence-corrected chi connectivity index (χ4v) is 1.83. The lowest BCUT2D eigenvalue weighted by Crippen LogP contribution is -2.17. The Labute approximate surface area is 116 Å². The summed E-state index contributed by atoms with van der Waals surface area (Å²) in [6.07, 6.45) is 6.23. The summed E-state index contributed by atoms with van der Waals surface area (Å²) in [5.74, 6) is -0.288. The summed E-state index contributed by atoms with van der Waals surface area (Å²) < 4.78 is 0. The maximum atomic E-state index is 12.1. The molecule has 5 nitrogen and oxygen atoms in total. The molecule has 0 radical (unpaired) electrons. The number of hydrogen-bond donors (Lipinski definition) is 1. The third-order valence-corrected chi connectivity index (χ3v) is 2.85. The lowest BCUT2D eigenvalue weighted by Gasteiger charge is -2.17. The molecule has 98 valence electrons. The highest BCUT2D eigenvalue weighted by Crippen LogP contribution is 2.23. The zero-order chi connectivity index (χ0) is 13.8. The van der Waals surface area contributed by atoms with E-state index >= 15 is 0 Å². The fourth-order valence-electron chi connectivity index (χ4n) is 1.62. The van der Waals surface area contributed by atoms with E-state index in [0.29, 0.717) is 16.3 Å². The number of carbonyl (C=O) groups excluding carboxylic acids is 1. The van der Waals surface area contributed by atoms with Crippen LogP contribution in [0.5, 0.6) is 0 Å². The topological polar surface area (TPSA) is 58.1 Å². The third-order valence-electron chi connectivity index (χ3n) is 2.55. The highest BCUT2D eigenvalue weighted by atomic mass is 35.5. The summed E-state index contributed by atoms with van der Waals surface area (Å²) in [5, 5.41) is 3.11. The highest BCUT2D eigenvalue weighted by Gasteiger charge is 2.13. The quantitative estimate of drug-likeness (QED) is 0.935. The number of halogens is 1. The molecule has 0 aliphatic rings. The number of hydrogen-bond acceptors (Lipinski definition) is 4. The van der Waals surface area contributed by atoms with Crippen molar-refractivity contribution in [3.05, 3.63) is 47.5 Å². The van der Waals surface area contributed by atoms with Crippen LogP contribution >= 0.6 is 11.6 Å². The number of carbonyl (C=O) groups is 1. The summed E-state index contributed by atoms with van der Waals surface area (Å²) in [6, 6.07) is 3.40. The van der Waals surface area contributed by atoms with E-state index in [0.717, 1.165) is 5.69 Å². The Morgan fingerprint density at radius 2 is 1.89 bits per heavy atom. The molecule has 0 atom stereocenters. The fraction of sp³-hybridized carbons (Fsp3) is 0.154. The van der Waals surface area contributed by atoms with Crippen molar-refractivity contribution in [3.63, 3.8) is 0 Å². The molecule has 0 saturated heterocycles. The van der Waals surface area contributed by atoms with Crippen molar-refractivity contribution in [1.29, 1.82) is 0 Å². The van der Waals surface area contributed by atoms with Gasteiger partial charge in [0, 0.05) is 32.7 Å². The minimum absolute atomic E-state index is 0.288. The molecule has 1 N–H and O–H groups in total. The monoisotopic (exact) mass is 276 g/mol. The van der Waals surface area contributed by atoms with E-state index in [1.807, 2.05) is 25.1 Å². The Morgan fingerprint density at radius 3 is 2.58 bits per heavy atom. The number of nitrogens with zero attached hydrogens (tertiary/aromatic N) is 3. The lowest BCUT2D eigenvalue weighted by atomic mass is 10.2. The van der Waals surface area contributed by atoms with Gasteiger partial charge in [-0.15, -0.1) is 0 Å². The second-order valence-electron chi connectivity index (χ2n) is 4.10. The molecule has 0 saturated carbocycles. The largest absolute Gasteiger partial charge is 0.376 e. The van der Waals surface area contributed by atoms with E-state index in [2.05, 4.69) is 15.3 Å². The van der Waals surface area contributed by atoms with Crippen LogP contribution in [0.1, 0.15) is 10.4 Å². The molecule has 0 aliphatic heterocycles. The van der Waals surface area contributed by atoms with E-state index in [1.54, 1.807) is 18.5 Å². The second-order valence-corrected chi connectivity index (χ2v) is 4.50. The van der Waals surface area contributed by atoms with E-state index in [1.165, 1.54) is 12.4 Å². The van der Waals surface area contributed by atoms with Crippen LogP contribution in [-0.2, 0) is 0 Å². The molecule has 19 heavy (non-hydrogen) atoms. The number of aromatic nitrogens is 2. The number of anilines is 2. The number of rotatable bonds is 3. The normalized spacial score (nSPS) is 10.1. The number of amides is 1. The number of pyridine rings is 2. The van der Waals surface area contributed by atoms with Gasteiger partial charge in [0.05, 0.1) is 28.2 Å². The van der Waals surface area contributed by atoms with Gasteiger partial charge in [0.15, 0.2) is 0 Å². The maximum Gasteiger partial charge on any atom is 0.257 e. The first-order valence-electron chi connectivity index (χ1n) is 5.62. The van der Waals surface area contributed by atoms with Gasteiger partial charge in [-0.1, -0.05) is 11.6 Å². The average molecular weight is 277 g/mol. The molecule has 2 rings (SSSR count). The van der Waals surface area contributed by atoms with E-state index in [-0.39, 0.29) is 5.91 Å². The van der Waals surface area contributed by atoms with Crippen molar-refractivity contribution >= 4 is 28.9 Å². The summed E-state index contributed by atoms with van der Waals surface area (Å²) in [4.78, 5) is 21.9. The van der Waals surface area contributed by atoms with Gasteiger partial charge in [-0.05, 0) is 12.1 Å². The van der Waals surface area contributed by atoms with Crippen molar-refractivity contribution < 1.29 is 4.79 Å². The first-order chi connectivity index (χ1) is 9.09. The van der Waals surface area contributed by atoms with Gasteiger partial charge in [-0.3, -0.25) is 14.8 Å². The lowest BCUT2D eigenvalue weighted by molar-refractivity contribution is 0.102. The van der Waals surface area contributed by atoms with Gasteiger partial charge in [0.1, 0.15) is 0 Å². The molecular formula is C13H13ClN4O. The van der Waals surface area contributed by atoms with Gasteiger partial charge in [0.25, 0.3) is 5.91 Å². The molecule has 6 heteroatoms. The van der Waals surface area contributed by atoms with Crippen LogP contribution in [0.25, 0.3) is 0 Å². The minimum Gasteiger partial charge on any atom is -0.376 e. The standard InChI is InChI=1S/C13H13ClN4O/c1-18(2)12-4-6-16-8-11(12)17-13(19)9-3-5-15-7-10(9)14/h3-8H,1-2H3,(H,17,19). The first-order valence-corrected chi connectivity index (χ1v) is 5.99. The van der Waals surface area contributed by atoms with Crippen LogP contribution in [-0.4, -0.2) is 30.0 Å². The van der Waals surface area contributed by atoms with Gasteiger partial charge in [-0.2, -0.15) is 0 Å². The van der Waals surface area contributed by atoms with Crippen LogP contribution in [0, 0.1) is 0 Å². The SMILES string of the molecule is CN(C)c1ccncc1NC(=O)c1ccncc1Cl. The summed E-state index contributed by atoms with van der Waals surface area (Å²) in [5.41, 5.74) is 1.88. The Morgan fingerprint density at radius 1 is 1.21 bits per heavy atom. The molecule has 0 bridgehead atoms. The van der Waals surface area contributed by atoms with Crippen LogP contribution in [0.3, 0.4) is 0 Å².